The molecule has 2 aromatic rings. The van der Waals surface area contributed by atoms with E-state index in [9.17, 15) is 9.90 Å². The van der Waals surface area contributed by atoms with Crippen LogP contribution in [0.2, 0.25) is 0 Å². The summed E-state index contributed by atoms with van der Waals surface area (Å²) in [6.45, 7) is 1.78. The molecule has 0 heterocycles. The zero-order valence-corrected chi connectivity index (χ0v) is 15.2. The van der Waals surface area contributed by atoms with Crippen molar-refractivity contribution in [3.63, 3.8) is 0 Å². The number of nitrogens with zero attached hydrogens (tertiary/aromatic N) is 3. The second-order valence-corrected chi connectivity index (χ2v) is 5.85. The number of carboxylic acid groups (broad SMARTS) is 1. The SMILES string of the molecule is CCC(Oc1ccccc1/C=C/c1ccc(N=NN(C)C)cc1)C(=O)O. The smallest absolute Gasteiger partial charge is 0.344 e. The van der Waals surface area contributed by atoms with Crippen LogP contribution in [0.3, 0.4) is 0 Å². The largest absolute Gasteiger partial charge is 0.479 e. The maximum absolute atomic E-state index is 11.2. The van der Waals surface area contributed by atoms with Gasteiger partial charge in [-0.1, -0.05) is 54.6 Å². The summed E-state index contributed by atoms with van der Waals surface area (Å²) in [5, 5.41) is 18.8. The quantitative estimate of drug-likeness (QED) is 0.425. The van der Waals surface area contributed by atoms with Crippen molar-refractivity contribution in [1.29, 1.82) is 0 Å². The second kappa shape index (κ2) is 9.36. The first-order valence-electron chi connectivity index (χ1n) is 8.35. The van der Waals surface area contributed by atoms with E-state index in [1.807, 2.05) is 68.7 Å². The molecule has 0 aliphatic rings. The van der Waals surface area contributed by atoms with E-state index in [0.29, 0.717) is 12.2 Å². The molecule has 0 saturated carbocycles. The highest BCUT2D eigenvalue weighted by Crippen LogP contribution is 2.23. The van der Waals surface area contributed by atoms with Gasteiger partial charge in [-0.15, -0.1) is 5.11 Å². The molecule has 2 aromatic carbocycles. The predicted molar refractivity (Wildman–Crippen MR) is 102 cm³/mol. The van der Waals surface area contributed by atoms with E-state index in [4.69, 9.17) is 4.74 Å². The van der Waals surface area contributed by atoms with Crippen LogP contribution in [0.1, 0.15) is 24.5 Å². The first-order chi connectivity index (χ1) is 12.5. The normalized spacial score (nSPS) is 12.4. The Morgan fingerprint density at radius 1 is 1.15 bits per heavy atom. The van der Waals surface area contributed by atoms with Crippen molar-refractivity contribution >= 4 is 23.8 Å². The number of para-hydroxylation sites is 1. The number of hydrogen-bond acceptors (Lipinski definition) is 4. The van der Waals surface area contributed by atoms with E-state index in [-0.39, 0.29) is 0 Å². The lowest BCUT2D eigenvalue weighted by atomic mass is 10.1. The van der Waals surface area contributed by atoms with E-state index in [0.717, 1.165) is 16.8 Å². The van der Waals surface area contributed by atoms with Crippen molar-refractivity contribution in [3.8, 4) is 5.75 Å². The zero-order chi connectivity index (χ0) is 18.9. The van der Waals surface area contributed by atoms with Gasteiger partial charge in [-0.05, 0) is 30.2 Å². The van der Waals surface area contributed by atoms with E-state index in [1.54, 1.807) is 18.0 Å². The molecule has 1 N–H and O–H groups in total. The first-order valence-corrected chi connectivity index (χ1v) is 8.35. The zero-order valence-electron chi connectivity index (χ0n) is 15.2. The fraction of sp³-hybridized carbons (Fsp3) is 0.250. The molecular formula is C20H23N3O3. The molecule has 0 radical (unpaired) electrons. The van der Waals surface area contributed by atoms with Crippen LogP contribution in [0, 0.1) is 0 Å². The number of benzene rings is 2. The first kappa shape index (κ1) is 19.2. The lowest BCUT2D eigenvalue weighted by Crippen LogP contribution is -2.26. The van der Waals surface area contributed by atoms with Gasteiger partial charge in [0.1, 0.15) is 5.75 Å². The monoisotopic (exact) mass is 353 g/mol. The summed E-state index contributed by atoms with van der Waals surface area (Å²) in [6.07, 6.45) is 3.39. The lowest BCUT2D eigenvalue weighted by molar-refractivity contribution is -0.145. The Labute approximate surface area is 153 Å². The molecule has 0 aromatic heterocycles. The minimum atomic E-state index is -0.964. The number of carboxylic acids is 1. The Morgan fingerprint density at radius 3 is 2.46 bits per heavy atom. The van der Waals surface area contributed by atoms with Gasteiger partial charge in [0.2, 0.25) is 0 Å². The Balaban J connectivity index is 2.14. The average molecular weight is 353 g/mol. The van der Waals surface area contributed by atoms with Crippen LogP contribution < -0.4 is 4.74 Å². The molecule has 0 fully saturated rings. The molecular weight excluding hydrogens is 330 g/mol. The van der Waals surface area contributed by atoms with E-state index in [2.05, 4.69) is 10.3 Å². The summed E-state index contributed by atoms with van der Waals surface area (Å²) in [5.41, 5.74) is 2.59. The third kappa shape index (κ3) is 5.73. The fourth-order valence-electron chi connectivity index (χ4n) is 2.17. The van der Waals surface area contributed by atoms with Gasteiger partial charge in [0.15, 0.2) is 6.10 Å². The van der Waals surface area contributed by atoms with Crippen molar-refractivity contribution in [2.24, 2.45) is 10.3 Å². The molecule has 0 spiro atoms. The molecule has 0 saturated heterocycles. The number of aliphatic carboxylic acids is 1. The molecule has 26 heavy (non-hydrogen) atoms. The highest BCUT2D eigenvalue weighted by atomic mass is 16.5. The molecule has 2 rings (SSSR count). The van der Waals surface area contributed by atoms with Crippen LogP contribution in [-0.2, 0) is 4.79 Å². The average Bonchev–Trinajstić information content (AvgIpc) is 2.64. The van der Waals surface area contributed by atoms with Gasteiger partial charge in [-0.2, -0.15) is 0 Å². The van der Waals surface area contributed by atoms with Gasteiger partial charge < -0.3 is 9.84 Å². The van der Waals surface area contributed by atoms with Gasteiger partial charge in [0.25, 0.3) is 0 Å². The molecule has 0 aliphatic carbocycles. The third-order valence-electron chi connectivity index (χ3n) is 3.52. The van der Waals surface area contributed by atoms with Crippen LogP contribution in [0.4, 0.5) is 5.69 Å². The summed E-state index contributed by atoms with van der Waals surface area (Å²) in [6, 6.07) is 15.0. The van der Waals surface area contributed by atoms with Crippen molar-refractivity contribution in [3.05, 3.63) is 59.7 Å². The molecule has 6 nitrogen and oxygen atoms in total. The molecule has 0 aliphatic heterocycles. The molecule has 1 atom stereocenters. The predicted octanol–water partition coefficient (Wildman–Crippen LogP) is 4.66. The summed E-state index contributed by atoms with van der Waals surface area (Å²) in [7, 11) is 3.63. The van der Waals surface area contributed by atoms with Crippen LogP contribution in [-0.4, -0.2) is 36.3 Å². The van der Waals surface area contributed by atoms with Crippen LogP contribution in [0.5, 0.6) is 5.75 Å². The third-order valence-corrected chi connectivity index (χ3v) is 3.52. The Morgan fingerprint density at radius 2 is 1.85 bits per heavy atom. The van der Waals surface area contributed by atoms with Gasteiger partial charge in [-0.25, -0.2) is 4.79 Å². The second-order valence-electron chi connectivity index (χ2n) is 5.85. The Kier molecular flexibility index (Phi) is 6.91. The van der Waals surface area contributed by atoms with Crippen LogP contribution in [0.15, 0.2) is 58.9 Å². The summed E-state index contributed by atoms with van der Waals surface area (Å²) in [5.74, 6) is -0.414. The maximum Gasteiger partial charge on any atom is 0.344 e. The molecule has 1 unspecified atom stereocenters. The number of carbonyl (C=O) groups is 1. The van der Waals surface area contributed by atoms with E-state index in [1.165, 1.54) is 0 Å². The Bertz CT molecular complexity index is 783. The van der Waals surface area contributed by atoms with Crippen molar-refractivity contribution in [2.45, 2.75) is 19.4 Å². The van der Waals surface area contributed by atoms with Crippen molar-refractivity contribution < 1.29 is 14.6 Å². The molecule has 0 amide bonds. The summed E-state index contributed by atoms with van der Waals surface area (Å²) < 4.78 is 5.64. The van der Waals surface area contributed by atoms with Crippen LogP contribution in [0.25, 0.3) is 12.2 Å². The van der Waals surface area contributed by atoms with Gasteiger partial charge in [-0.3, -0.25) is 5.01 Å². The molecule has 0 bridgehead atoms. The van der Waals surface area contributed by atoms with Gasteiger partial charge in [0.05, 0.1) is 5.69 Å². The minimum absolute atomic E-state index is 0.399. The standard InChI is InChI=1S/C20H23N3O3/c1-4-18(20(24)25)26-19-8-6-5-7-16(19)12-9-15-10-13-17(14-11-15)21-22-23(2)3/h5-14,18H,4H2,1-3H3,(H,24,25)/b12-9+,22-21?. The van der Waals surface area contributed by atoms with Gasteiger partial charge >= 0.3 is 5.97 Å². The lowest BCUT2D eigenvalue weighted by Gasteiger charge is -2.15. The van der Waals surface area contributed by atoms with Crippen molar-refractivity contribution in [1.82, 2.24) is 5.01 Å². The highest BCUT2D eigenvalue weighted by molar-refractivity contribution is 5.75. The number of hydrogen-bond donors (Lipinski definition) is 1. The fourth-order valence-corrected chi connectivity index (χ4v) is 2.17. The molecule has 6 heteroatoms. The highest BCUT2D eigenvalue weighted by Gasteiger charge is 2.17. The number of rotatable bonds is 8. The van der Waals surface area contributed by atoms with Crippen molar-refractivity contribution in [2.75, 3.05) is 14.1 Å². The van der Waals surface area contributed by atoms with Crippen LogP contribution >= 0.6 is 0 Å². The Hall–Kier alpha value is -3.15. The van der Waals surface area contributed by atoms with E-state index >= 15 is 0 Å². The maximum atomic E-state index is 11.2. The summed E-state index contributed by atoms with van der Waals surface area (Å²) >= 11 is 0. The van der Waals surface area contributed by atoms with Gasteiger partial charge in [0, 0.05) is 19.7 Å². The number of ether oxygens (including phenoxy) is 1. The summed E-state index contributed by atoms with van der Waals surface area (Å²) in [4.78, 5) is 11.2. The molecule has 136 valence electrons. The topological polar surface area (TPSA) is 74.5 Å². The minimum Gasteiger partial charge on any atom is -0.479 e. The van der Waals surface area contributed by atoms with E-state index < -0.39 is 12.1 Å².